The van der Waals surface area contributed by atoms with Crippen LogP contribution in [0.15, 0.2) is 30.9 Å². The van der Waals surface area contributed by atoms with Crippen LogP contribution in [0.25, 0.3) is 0 Å². The second-order valence-corrected chi connectivity index (χ2v) is 7.93. The molecule has 1 fully saturated rings. The summed E-state index contributed by atoms with van der Waals surface area (Å²) in [6.07, 6.45) is 2.47. The highest BCUT2D eigenvalue weighted by molar-refractivity contribution is 6.38. The maximum Gasteiger partial charge on any atom is 0.329 e. The molecule has 0 saturated carbocycles. The van der Waals surface area contributed by atoms with Gasteiger partial charge in [-0.25, -0.2) is 4.79 Å². The van der Waals surface area contributed by atoms with Gasteiger partial charge in [0.15, 0.2) is 0 Å². The van der Waals surface area contributed by atoms with Gasteiger partial charge in [-0.1, -0.05) is 33.4 Å². The minimum absolute atomic E-state index is 0.0216. The van der Waals surface area contributed by atoms with Crippen LogP contribution in [-0.4, -0.2) is 56.0 Å². The van der Waals surface area contributed by atoms with Gasteiger partial charge >= 0.3 is 5.97 Å². The number of ether oxygens (including phenoxy) is 3. The summed E-state index contributed by atoms with van der Waals surface area (Å²) in [5.41, 5.74) is -0.0758. The maximum absolute atomic E-state index is 13.1. The smallest absolute Gasteiger partial charge is 0.329 e. The molecule has 0 aliphatic carbocycles. The molecule has 2 rings (SSSR count). The zero-order chi connectivity index (χ0) is 22.5. The Morgan fingerprint density at radius 2 is 1.93 bits per heavy atom. The van der Waals surface area contributed by atoms with E-state index in [1.165, 1.54) is 11.0 Å². The van der Waals surface area contributed by atoms with Crippen LogP contribution in [-0.2, 0) is 19.1 Å². The van der Waals surface area contributed by atoms with Gasteiger partial charge in [0.05, 0.1) is 14.2 Å². The summed E-state index contributed by atoms with van der Waals surface area (Å²) in [7, 11) is 3.10. The van der Waals surface area contributed by atoms with Crippen molar-refractivity contribution >= 4 is 17.7 Å². The van der Waals surface area contributed by atoms with Crippen molar-refractivity contribution in [3.05, 3.63) is 36.4 Å². The van der Waals surface area contributed by atoms with Crippen LogP contribution in [0.5, 0.6) is 11.5 Å². The molecule has 0 bridgehead atoms. The fourth-order valence-corrected chi connectivity index (χ4v) is 3.57. The van der Waals surface area contributed by atoms with E-state index in [0.717, 1.165) is 5.56 Å². The van der Waals surface area contributed by atoms with Crippen LogP contribution in [0.3, 0.4) is 0 Å². The Hall–Kier alpha value is -2.83. The Morgan fingerprint density at radius 1 is 1.23 bits per heavy atom. The SMILES string of the molecule is C=CCOC(=O)[C@@H]1C(c2cc(OC)ccc2OC)CCN1C(=O)C(=O)C(C)(C)CC. The third-order valence-corrected chi connectivity index (χ3v) is 5.77. The van der Waals surface area contributed by atoms with Crippen molar-refractivity contribution in [1.29, 1.82) is 0 Å². The highest BCUT2D eigenvalue weighted by Crippen LogP contribution is 2.41. The number of hydrogen-bond donors (Lipinski definition) is 0. The summed E-state index contributed by atoms with van der Waals surface area (Å²) in [6.45, 7) is 9.17. The van der Waals surface area contributed by atoms with Gasteiger partial charge < -0.3 is 19.1 Å². The first kappa shape index (κ1) is 23.4. The molecule has 0 spiro atoms. The molecule has 1 aliphatic rings. The molecule has 7 heteroatoms. The molecule has 30 heavy (non-hydrogen) atoms. The lowest BCUT2D eigenvalue weighted by molar-refractivity contribution is -0.157. The largest absolute Gasteiger partial charge is 0.497 e. The monoisotopic (exact) mass is 417 g/mol. The minimum atomic E-state index is -0.935. The van der Waals surface area contributed by atoms with Crippen LogP contribution in [0.1, 0.15) is 45.1 Å². The van der Waals surface area contributed by atoms with Crippen LogP contribution in [0, 0.1) is 5.41 Å². The van der Waals surface area contributed by atoms with E-state index in [-0.39, 0.29) is 13.2 Å². The number of carbonyl (C=O) groups is 3. The lowest BCUT2D eigenvalue weighted by Crippen LogP contribution is -2.49. The fourth-order valence-electron chi connectivity index (χ4n) is 3.57. The Balaban J connectivity index is 2.47. The molecule has 0 radical (unpaired) electrons. The van der Waals surface area contributed by atoms with Crippen molar-refractivity contribution < 1.29 is 28.6 Å². The van der Waals surface area contributed by atoms with Crippen molar-refractivity contribution in [2.45, 2.75) is 45.6 Å². The fraction of sp³-hybridized carbons (Fsp3) is 0.522. The van der Waals surface area contributed by atoms with Crippen LogP contribution in [0.2, 0.25) is 0 Å². The van der Waals surface area contributed by atoms with E-state index in [0.29, 0.717) is 24.3 Å². The number of likely N-dealkylation sites (tertiary alicyclic amines) is 1. The number of benzene rings is 1. The Labute approximate surface area is 178 Å². The molecule has 7 nitrogen and oxygen atoms in total. The van der Waals surface area contributed by atoms with Gasteiger partial charge in [0.25, 0.3) is 5.91 Å². The molecule has 1 unspecified atom stereocenters. The number of carbonyl (C=O) groups excluding carboxylic acids is 3. The third-order valence-electron chi connectivity index (χ3n) is 5.77. The number of hydrogen-bond acceptors (Lipinski definition) is 6. The van der Waals surface area contributed by atoms with Crippen molar-refractivity contribution in [3.63, 3.8) is 0 Å². The predicted octanol–water partition coefficient (Wildman–Crippen LogP) is 3.12. The van der Waals surface area contributed by atoms with E-state index in [4.69, 9.17) is 14.2 Å². The van der Waals surface area contributed by atoms with E-state index < -0.39 is 35.0 Å². The summed E-state index contributed by atoms with van der Waals surface area (Å²) in [6, 6.07) is 4.38. The van der Waals surface area contributed by atoms with E-state index in [1.807, 2.05) is 6.92 Å². The number of ketones is 1. The molecule has 1 aliphatic heterocycles. The zero-order valence-electron chi connectivity index (χ0n) is 18.4. The Kier molecular flexibility index (Phi) is 7.65. The molecule has 1 amide bonds. The zero-order valence-corrected chi connectivity index (χ0v) is 18.4. The van der Waals surface area contributed by atoms with Crippen molar-refractivity contribution in [2.24, 2.45) is 5.41 Å². The molecule has 1 saturated heterocycles. The second-order valence-electron chi connectivity index (χ2n) is 7.93. The highest BCUT2D eigenvalue weighted by atomic mass is 16.5. The molecule has 1 heterocycles. The molecule has 164 valence electrons. The van der Waals surface area contributed by atoms with E-state index in [1.54, 1.807) is 46.3 Å². The van der Waals surface area contributed by atoms with Crippen LogP contribution >= 0.6 is 0 Å². The van der Waals surface area contributed by atoms with Gasteiger partial charge in [-0.2, -0.15) is 0 Å². The highest BCUT2D eigenvalue weighted by Gasteiger charge is 2.47. The third kappa shape index (κ3) is 4.66. The number of nitrogens with zero attached hydrogens (tertiary/aromatic N) is 1. The lowest BCUT2D eigenvalue weighted by Gasteiger charge is -2.29. The molecular formula is C23H31NO6. The first-order valence-electron chi connectivity index (χ1n) is 10.1. The van der Waals surface area contributed by atoms with Gasteiger partial charge in [-0.3, -0.25) is 9.59 Å². The minimum Gasteiger partial charge on any atom is -0.497 e. The van der Waals surface area contributed by atoms with Crippen molar-refractivity contribution in [3.8, 4) is 11.5 Å². The average Bonchev–Trinajstić information content (AvgIpc) is 3.20. The average molecular weight is 418 g/mol. The predicted molar refractivity (Wildman–Crippen MR) is 113 cm³/mol. The Bertz CT molecular complexity index is 816. The van der Waals surface area contributed by atoms with Gasteiger partial charge in [-0.15, -0.1) is 0 Å². The normalized spacial score (nSPS) is 18.6. The van der Waals surface area contributed by atoms with Gasteiger partial charge in [-0.05, 0) is 31.0 Å². The summed E-state index contributed by atoms with van der Waals surface area (Å²) in [4.78, 5) is 40.2. The molecule has 1 aromatic rings. The van der Waals surface area contributed by atoms with E-state index in [2.05, 4.69) is 6.58 Å². The number of methoxy groups -OCH3 is 2. The maximum atomic E-state index is 13.1. The summed E-state index contributed by atoms with van der Waals surface area (Å²) in [5.74, 6) is -0.947. The van der Waals surface area contributed by atoms with Crippen LogP contribution < -0.4 is 9.47 Å². The molecule has 2 atom stereocenters. The molecule has 0 aromatic heterocycles. The summed E-state index contributed by atoms with van der Waals surface area (Å²) >= 11 is 0. The van der Waals surface area contributed by atoms with Gasteiger partial charge in [0, 0.05) is 23.4 Å². The van der Waals surface area contributed by atoms with Crippen molar-refractivity contribution in [1.82, 2.24) is 4.90 Å². The second kappa shape index (κ2) is 9.78. The van der Waals surface area contributed by atoms with E-state index in [9.17, 15) is 14.4 Å². The number of Topliss-reactive ketones (excluding diaryl/α,β-unsaturated/α-hetero) is 1. The Morgan fingerprint density at radius 3 is 2.50 bits per heavy atom. The number of amides is 1. The van der Waals surface area contributed by atoms with Crippen LogP contribution in [0.4, 0.5) is 0 Å². The molecule has 1 aromatic carbocycles. The standard InChI is InChI=1S/C23H31NO6/c1-7-13-30-22(27)19-16(17-14-15(28-5)9-10-18(17)29-6)11-12-24(19)21(26)20(25)23(3,4)8-2/h7,9-10,14,16,19H,1,8,11-13H2,2-6H3/t16?,19-/m0/s1. The van der Waals surface area contributed by atoms with Gasteiger partial charge in [0.1, 0.15) is 24.1 Å². The quantitative estimate of drug-likeness (QED) is 0.349. The number of rotatable bonds is 9. The summed E-state index contributed by atoms with van der Waals surface area (Å²) < 4.78 is 16.1. The van der Waals surface area contributed by atoms with Crippen molar-refractivity contribution in [2.75, 3.05) is 27.4 Å². The molecule has 0 N–H and O–H groups in total. The topological polar surface area (TPSA) is 82.1 Å². The first-order chi connectivity index (χ1) is 14.2. The first-order valence-corrected chi connectivity index (χ1v) is 10.1. The molecular weight excluding hydrogens is 386 g/mol. The van der Waals surface area contributed by atoms with E-state index >= 15 is 0 Å². The summed E-state index contributed by atoms with van der Waals surface area (Å²) in [5, 5.41) is 0. The lowest BCUT2D eigenvalue weighted by atomic mass is 9.84. The number of esters is 1. The van der Waals surface area contributed by atoms with Gasteiger partial charge in [0.2, 0.25) is 5.78 Å².